The van der Waals surface area contributed by atoms with Crippen LogP contribution in [0.15, 0.2) is 24.3 Å². The van der Waals surface area contributed by atoms with Crippen LogP contribution in [0.4, 0.5) is 0 Å². The molecule has 332 valence electrons. The van der Waals surface area contributed by atoms with E-state index in [1.165, 1.54) is 35.5 Å². The number of carboxylic acids is 2. The monoisotopic (exact) mass is 866 g/mol. The highest BCUT2D eigenvalue weighted by Gasteiger charge is 2.45. The molecule has 60 heavy (non-hydrogen) atoms. The Morgan fingerprint density at radius 1 is 0.650 bits per heavy atom. The predicted octanol–water partition coefficient (Wildman–Crippen LogP) is 10.0. The largest absolute Gasteiger partial charge is 0.477 e. The summed E-state index contributed by atoms with van der Waals surface area (Å²) in [7, 11) is 0. The summed E-state index contributed by atoms with van der Waals surface area (Å²) in [6.07, 6.45) is 19.0. The molecule has 0 saturated heterocycles. The van der Waals surface area contributed by atoms with Gasteiger partial charge in [0.15, 0.2) is 0 Å². The molecule has 4 saturated carbocycles. The van der Waals surface area contributed by atoms with Gasteiger partial charge in [0, 0.05) is 9.75 Å². The van der Waals surface area contributed by atoms with Gasteiger partial charge in [-0.3, -0.25) is 0 Å². The number of aryl methyl sites for hydroxylation is 2. The molecule has 4 aliphatic rings. The zero-order valence-electron chi connectivity index (χ0n) is 35.8. The lowest BCUT2D eigenvalue weighted by molar-refractivity contribution is -0.0444. The number of carboxylic acid groups (broad SMARTS) is 2. The zero-order chi connectivity index (χ0) is 43.5. The highest BCUT2D eigenvalue weighted by Crippen LogP contribution is 2.50. The second-order valence-corrected chi connectivity index (χ2v) is 21.0. The normalized spacial score (nSPS) is 28.6. The molecule has 0 amide bonds. The first-order valence-corrected chi connectivity index (χ1v) is 24.6. The summed E-state index contributed by atoms with van der Waals surface area (Å²) in [5, 5.41) is 79.8. The van der Waals surface area contributed by atoms with Gasteiger partial charge in [-0.2, -0.15) is 10.5 Å². The van der Waals surface area contributed by atoms with Gasteiger partial charge in [-0.15, -0.1) is 22.7 Å². The lowest BCUT2D eigenvalue weighted by Crippen LogP contribution is -2.40. The lowest BCUT2D eigenvalue weighted by Gasteiger charge is -2.45. The summed E-state index contributed by atoms with van der Waals surface area (Å²) in [5.41, 5.74) is 0.247. The standard InChI is InChI=1S/2C24H35NO4S/c2*1-2-24(12-5-13-24)22(27)9-4-8-19-18(16(15-25)14-20(19)26)7-3-6-17-10-11-21(30-17)23(28)29/h2*10-11,16,18-20,22,26-27H,2-9,12-14H2,1H3,(H,28,29)/t2*16-,18-,19+,20+,22?/m00/s1. The predicted molar refractivity (Wildman–Crippen MR) is 235 cm³/mol. The molecule has 2 unspecified atom stereocenters. The van der Waals surface area contributed by atoms with E-state index in [4.69, 9.17) is 10.2 Å². The number of aliphatic hydroxyl groups excluding tert-OH is 4. The summed E-state index contributed by atoms with van der Waals surface area (Å²) >= 11 is 2.64. The minimum Gasteiger partial charge on any atom is -0.477 e. The first-order chi connectivity index (χ1) is 28.8. The number of carbonyl (C=O) groups is 2. The maximum Gasteiger partial charge on any atom is 0.345 e. The van der Waals surface area contributed by atoms with Crippen molar-refractivity contribution >= 4 is 34.6 Å². The van der Waals surface area contributed by atoms with E-state index in [1.807, 2.05) is 12.1 Å². The topological polar surface area (TPSA) is 203 Å². The van der Waals surface area contributed by atoms with Gasteiger partial charge in [-0.05, 0) is 174 Å². The fraction of sp³-hybridized carbons (Fsp3) is 0.750. The third kappa shape index (κ3) is 11.8. The molecule has 2 aromatic heterocycles. The number of aromatic carboxylic acids is 2. The number of aliphatic hydroxyl groups is 4. The van der Waals surface area contributed by atoms with Crippen molar-refractivity contribution in [1.82, 2.24) is 0 Å². The van der Waals surface area contributed by atoms with E-state index in [-0.39, 0.29) is 58.5 Å². The second-order valence-electron chi connectivity index (χ2n) is 18.7. The summed E-state index contributed by atoms with van der Waals surface area (Å²) < 4.78 is 0. The molecule has 0 bridgehead atoms. The van der Waals surface area contributed by atoms with Crippen LogP contribution in [0, 0.1) is 69.0 Å². The van der Waals surface area contributed by atoms with Gasteiger partial charge in [0.1, 0.15) is 9.75 Å². The molecule has 10 nitrogen and oxygen atoms in total. The molecule has 10 atom stereocenters. The summed E-state index contributed by atoms with van der Waals surface area (Å²) in [6.45, 7) is 4.34. The Morgan fingerprint density at radius 3 is 1.30 bits per heavy atom. The van der Waals surface area contributed by atoms with Crippen molar-refractivity contribution in [2.45, 2.75) is 180 Å². The third-order valence-electron chi connectivity index (χ3n) is 15.7. The quantitative estimate of drug-likeness (QED) is 0.0661. The summed E-state index contributed by atoms with van der Waals surface area (Å²) in [6, 6.07) is 11.9. The molecule has 0 aliphatic heterocycles. The average molecular weight is 867 g/mol. The lowest BCUT2D eigenvalue weighted by atomic mass is 9.62. The molecule has 2 aromatic rings. The molecule has 0 radical (unpaired) electrons. The van der Waals surface area contributed by atoms with Crippen LogP contribution in [0.1, 0.15) is 171 Å². The van der Waals surface area contributed by atoms with Crippen molar-refractivity contribution in [3.63, 3.8) is 0 Å². The van der Waals surface area contributed by atoms with E-state index in [1.54, 1.807) is 12.1 Å². The molecule has 6 rings (SSSR count). The minimum absolute atomic E-state index is 0.110. The van der Waals surface area contributed by atoms with Crippen molar-refractivity contribution in [2.75, 3.05) is 0 Å². The van der Waals surface area contributed by atoms with Gasteiger partial charge in [0.05, 0.1) is 48.4 Å². The zero-order valence-corrected chi connectivity index (χ0v) is 37.5. The van der Waals surface area contributed by atoms with Crippen LogP contribution in [0.2, 0.25) is 0 Å². The van der Waals surface area contributed by atoms with Crippen molar-refractivity contribution in [2.24, 2.45) is 46.3 Å². The Kier molecular flexibility index (Phi) is 18.1. The van der Waals surface area contributed by atoms with Gasteiger partial charge < -0.3 is 30.6 Å². The molecule has 6 N–H and O–H groups in total. The van der Waals surface area contributed by atoms with E-state index in [2.05, 4.69) is 26.0 Å². The average Bonchev–Trinajstić information content (AvgIpc) is 3.99. The number of thiophene rings is 2. The molecule has 2 heterocycles. The fourth-order valence-corrected chi connectivity index (χ4v) is 13.2. The van der Waals surface area contributed by atoms with E-state index >= 15 is 0 Å². The Labute approximate surface area is 365 Å². The van der Waals surface area contributed by atoms with Crippen molar-refractivity contribution in [3.05, 3.63) is 43.8 Å². The fourth-order valence-electron chi connectivity index (χ4n) is 11.4. The van der Waals surface area contributed by atoms with Gasteiger partial charge in [0.2, 0.25) is 0 Å². The summed E-state index contributed by atoms with van der Waals surface area (Å²) in [4.78, 5) is 24.9. The van der Waals surface area contributed by atoms with Crippen molar-refractivity contribution < 1.29 is 40.2 Å². The molecular weight excluding hydrogens is 797 g/mol. The Hall–Kier alpha value is -2.84. The third-order valence-corrected chi connectivity index (χ3v) is 17.9. The molecule has 4 aliphatic carbocycles. The van der Waals surface area contributed by atoms with Gasteiger partial charge >= 0.3 is 11.9 Å². The van der Waals surface area contributed by atoms with Crippen LogP contribution >= 0.6 is 22.7 Å². The van der Waals surface area contributed by atoms with Crippen LogP contribution in [0.3, 0.4) is 0 Å². The maximum atomic E-state index is 11.0. The van der Waals surface area contributed by atoms with Crippen LogP contribution in [-0.2, 0) is 12.8 Å². The highest BCUT2D eigenvalue weighted by atomic mass is 32.1. The number of hydrogen-bond acceptors (Lipinski definition) is 10. The van der Waals surface area contributed by atoms with E-state index in [0.717, 1.165) is 125 Å². The van der Waals surface area contributed by atoms with Crippen LogP contribution in [0.25, 0.3) is 0 Å². The smallest absolute Gasteiger partial charge is 0.345 e. The van der Waals surface area contributed by atoms with E-state index < -0.39 is 24.1 Å². The molecular formula is C48H70N2O8S2. The maximum absolute atomic E-state index is 11.0. The first kappa shape index (κ1) is 48.2. The van der Waals surface area contributed by atoms with Crippen molar-refractivity contribution in [1.29, 1.82) is 10.5 Å². The van der Waals surface area contributed by atoms with Crippen LogP contribution in [0.5, 0.6) is 0 Å². The van der Waals surface area contributed by atoms with Crippen LogP contribution < -0.4 is 0 Å². The van der Waals surface area contributed by atoms with E-state index in [9.17, 15) is 40.5 Å². The van der Waals surface area contributed by atoms with Gasteiger partial charge in [-0.25, -0.2) is 9.59 Å². The van der Waals surface area contributed by atoms with Crippen LogP contribution in [-0.4, -0.2) is 67.0 Å². The Balaban J connectivity index is 0.000000228. The van der Waals surface area contributed by atoms with E-state index in [0.29, 0.717) is 22.6 Å². The second kappa shape index (κ2) is 22.5. The number of rotatable bonds is 22. The SMILES string of the molecule is CCC1(C(O)CCC[C@@H]2[C@@H](CCCc3ccc(C(=O)O)s3)[C@H](C#N)C[C@H]2O)CCC1.CCC1(C(O)CCC[C@@H]2[C@@H](CCCc3ccc(C(=O)O)s3)[C@H](C#N)C[C@H]2O)CCC1. The van der Waals surface area contributed by atoms with Crippen molar-refractivity contribution in [3.8, 4) is 12.1 Å². The number of hydrogen-bond donors (Lipinski definition) is 6. The first-order valence-electron chi connectivity index (χ1n) is 23.0. The highest BCUT2D eigenvalue weighted by molar-refractivity contribution is 7.14. The number of nitrogens with zero attached hydrogens (tertiary/aromatic N) is 2. The van der Waals surface area contributed by atoms with Gasteiger partial charge in [-0.1, -0.05) is 39.5 Å². The summed E-state index contributed by atoms with van der Waals surface area (Å²) in [5.74, 6) is -1.37. The molecule has 0 spiro atoms. The minimum atomic E-state index is -0.885. The number of nitriles is 2. The Bertz CT molecular complexity index is 1620. The molecule has 4 fully saturated rings. The molecule has 0 aromatic carbocycles. The Morgan fingerprint density at radius 2 is 1.02 bits per heavy atom. The van der Waals surface area contributed by atoms with Gasteiger partial charge in [0.25, 0.3) is 0 Å². The molecule has 12 heteroatoms.